The zero-order valence-electron chi connectivity index (χ0n) is 23.7. The molecule has 2 heterocycles. The van der Waals surface area contributed by atoms with Crippen LogP contribution in [0, 0.1) is 0 Å². The molecule has 2 atom stereocenters. The van der Waals surface area contributed by atoms with Gasteiger partial charge in [-0.2, -0.15) is 0 Å². The second-order valence-corrected chi connectivity index (χ2v) is 11.2. The van der Waals surface area contributed by atoms with Crippen molar-refractivity contribution in [1.29, 1.82) is 0 Å². The van der Waals surface area contributed by atoms with Gasteiger partial charge in [0.15, 0.2) is 5.60 Å². The fraction of sp³-hybridized carbons (Fsp3) is 0.258. The zero-order chi connectivity index (χ0) is 31.6. The van der Waals surface area contributed by atoms with Gasteiger partial charge in [-0.1, -0.05) is 23.7 Å². The van der Waals surface area contributed by atoms with Crippen molar-refractivity contribution < 1.29 is 33.8 Å². The number of nitrogens with one attached hydrogen (secondary N) is 2. The number of carbonyl (C=O) groups excluding carboxylic acids is 4. The van der Waals surface area contributed by atoms with Crippen LogP contribution >= 0.6 is 11.6 Å². The Labute approximate surface area is 257 Å². The van der Waals surface area contributed by atoms with Gasteiger partial charge in [-0.05, 0) is 73.0 Å². The predicted molar refractivity (Wildman–Crippen MR) is 162 cm³/mol. The van der Waals surface area contributed by atoms with Crippen molar-refractivity contribution >= 4 is 52.9 Å². The molecule has 3 aromatic carbocycles. The minimum absolute atomic E-state index is 0.0514. The quantitative estimate of drug-likeness (QED) is 0.310. The van der Waals surface area contributed by atoms with E-state index in [1.54, 1.807) is 47.4 Å². The standard InChI is InChI=1S/C31H30ClN5O7/c1-36(30(42)43)22-10-7-20(8-11-22)27(39)34-25(15-18-3-5-19(6-4-18)26(33)38)28(40)37-14-2-13-31(17-37)23-16-21(32)9-12-24(23)35-29(41)44-31/h3-12,16,25H,2,13-15,17H2,1H3,(H2,33,38)(H,34,39)(H,35,41)(H,42,43)/t25-,31-/m0/s1. The van der Waals surface area contributed by atoms with Crippen LogP contribution in [0.15, 0.2) is 66.7 Å². The first-order chi connectivity index (χ1) is 21.0. The summed E-state index contributed by atoms with van der Waals surface area (Å²) in [6.45, 7) is 0.417. The third kappa shape index (κ3) is 6.30. The summed E-state index contributed by atoms with van der Waals surface area (Å²) in [5.41, 5.74) is 7.02. The molecule has 5 rings (SSSR count). The van der Waals surface area contributed by atoms with Gasteiger partial charge in [-0.15, -0.1) is 0 Å². The Morgan fingerprint density at radius 1 is 1.09 bits per heavy atom. The average molecular weight is 620 g/mol. The molecule has 1 saturated heterocycles. The molecule has 3 aromatic rings. The molecule has 5 amide bonds. The van der Waals surface area contributed by atoms with Crippen molar-refractivity contribution in [2.75, 3.05) is 30.4 Å². The molecule has 44 heavy (non-hydrogen) atoms. The highest BCUT2D eigenvalue weighted by molar-refractivity contribution is 6.30. The van der Waals surface area contributed by atoms with Crippen LogP contribution in [0.4, 0.5) is 21.0 Å². The Hall–Kier alpha value is -5.10. The van der Waals surface area contributed by atoms with Gasteiger partial charge in [0.2, 0.25) is 11.8 Å². The van der Waals surface area contributed by atoms with Gasteiger partial charge in [-0.25, -0.2) is 9.59 Å². The first kappa shape index (κ1) is 30.4. The number of nitrogens with two attached hydrogens (primary N) is 1. The van der Waals surface area contributed by atoms with Crippen molar-refractivity contribution in [3.63, 3.8) is 0 Å². The molecular weight excluding hydrogens is 590 g/mol. The average Bonchev–Trinajstić information content (AvgIpc) is 3.00. The molecule has 1 fully saturated rings. The van der Waals surface area contributed by atoms with Crippen molar-refractivity contribution in [1.82, 2.24) is 10.2 Å². The molecule has 0 aliphatic carbocycles. The van der Waals surface area contributed by atoms with Gasteiger partial charge in [0.25, 0.3) is 5.91 Å². The fourth-order valence-corrected chi connectivity index (χ4v) is 5.71. The largest absolute Gasteiger partial charge is 0.465 e. The van der Waals surface area contributed by atoms with Crippen molar-refractivity contribution in [2.24, 2.45) is 5.73 Å². The first-order valence-electron chi connectivity index (χ1n) is 13.8. The minimum atomic E-state index is -1.15. The Morgan fingerprint density at radius 2 is 1.77 bits per heavy atom. The van der Waals surface area contributed by atoms with E-state index in [9.17, 15) is 29.1 Å². The van der Waals surface area contributed by atoms with Crippen molar-refractivity contribution in [2.45, 2.75) is 30.9 Å². The molecule has 0 unspecified atom stereocenters. The molecule has 5 N–H and O–H groups in total. The van der Waals surface area contributed by atoms with Crippen LogP contribution in [0.25, 0.3) is 0 Å². The maximum atomic E-state index is 14.1. The lowest BCUT2D eigenvalue weighted by Gasteiger charge is -2.45. The summed E-state index contributed by atoms with van der Waals surface area (Å²) in [4.78, 5) is 65.4. The number of rotatable bonds is 7. The lowest BCUT2D eigenvalue weighted by atomic mass is 9.83. The van der Waals surface area contributed by atoms with E-state index in [-0.39, 0.29) is 18.5 Å². The molecule has 12 nitrogen and oxygen atoms in total. The van der Waals surface area contributed by atoms with Crippen LogP contribution in [0.5, 0.6) is 0 Å². The third-order valence-corrected chi connectivity index (χ3v) is 8.08. The highest BCUT2D eigenvalue weighted by atomic mass is 35.5. The second kappa shape index (κ2) is 12.3. The molecule has 0 bridgehead atoms. The molecule has 1 spiro atoms. The monoisotopic (exact) mass is 619 g/mol. The van der Waals surface area contributed by atoms with Gasteiger partial charge in [0, 0.05) is 47.4 Å². The maximum Gasteiger partial charge on any atom is 0.412 e. The van der Waals surface area contributed by atoms with Crippen LogP contribution < -0.4 is 21.3 Å². The molecule has 0 radical (unpaired) electrons. The van der Waals surface area contributed by atoms with Gasteiger partial charge < -0.3 is 25.8 Å². The lowest BCUT2D eigenvalue weighted by Crippen LogP contribution is -2.57. The fourth-order valence-electron chi connectivity index (χ4n) is 5.53. The van der Waals surface area contributed by atoms with E-state index in [1.807, 2.05) is 0 Å². The summed E-state index contributed by atoms with van der Waals surface area (Å²) >= 11 is 6.29. The summed E-state index contributed by atoms with van der Waals surface area (Å²) in [6.07, 6.45) is -0.696. The number of anilines is 2. The summed E-state index contributed by atoms with van der Waals surface area (Å²) < 4.78 is 5.83. The summed E-state index contributed by atoms with van der Waals surface area (Å²) in [5, 5.41) is 15.2. The van der Waals surface area contributed by atoms with Gasteiger partial charge in [-0.3, -0.25) is 24.6 Å². The maximum absolute atomic E-state index is 14.1. The Morgan fingerprint density at radius 3 is 2.43 bits per heavy atom. The molecule has 13 heteroatoms. The molecule has 2 aliphatic heterocycles. The van der Waals surface area contributed by atoms with Crippen LogP contribution in [-0.4, -0.2) is 66.1 Å². The highest BCUT2D eigenvalue weighted by Crippen LogP contribution is 2.43. The Kier molecular flexibility index (Phi) is 8.45. The van der Waals surface area contributed by atoms with Crippen molar-refractivity contribution in [3.05, 3.63) is 94.0 Å². The number of carbonyl (C=O) groups is 5. The lowest BCUT2D eigenvalue weighted by molar-refractivity contribution is -0.141. The zero-order valence-corrected chi connectivity index (χ0v) is 24.5. The second-order valence-electron chi connectivity index (χ2n) is 10.7. The number of benzene rings is 3. The number of amides is 5. The summed E-state index contributed by atoms with van der Waals surface area (Å²) in [6, 6.07) is 16.4. The number of hydrogen-bond acceptors (Lipinski definition) is 6. The van der Waals surface area contributed by atoms with E-state index >= 15 is 0 Å². The molecule has 2 aliphatic rings. The van der Waals surface area contributed by atoms with E-state index in [4.69, 9.17) is 22.1 Å². The highest BCUT2D eigenvalue weighted by Gasteiger charge is 2.47. The number of hydrogen-bond donors (Lipinski definition) is 4. The predicted octanol–water partition coefficient (Wildman–Crippen LogP) is 3.97. The number of piperidine rings is 1. The van der Waals surface area contributed by atoms with Crippen LogP contribution in [-0.2, 0) is 21.6 Å². The molecule has 0 aromatic heterocycles. The van der Waals surface area contributed by atoms with Crippen LogP contribution in [0.1, 0.15) is 44.7 Å². The van der Waals surface area contributed by atoms with Gasteiger partial charge in [0.1, 0.15) is 6.04 Å². The number of halogens is 1. The van der Waals surface area contributed by atoms with E-state index < -0.39 is 41.6 Å². The number of nitrogens with zero attached hydrogens (tertiary/aromatic N) is 2. The van der Waals surface area contributed by atoms with E-state index in [0.29, 0.717) is 52.5 Å². The summed E-state index contributed by atoms with van der Waals surface area (Å²) in [5.74, 6) is -1.53. The number of carboxylic acid groups (broad SMARTS) is 1. The first-order valence-corrected chi connectivity index (χ1v) is 14.2. The van der Waals surface area contributed by atoms with Crippen LogP contribution in [0.3, 0.4) is 0 Å². The normalized spacial score (nSPS) is 18.0. The number of likely N-dealkylation sites (tertiary alicyclic amines) is 1. The van der Waals surface area contributed by atoms with Crippen molar-refractivity contribution in [3.8, 4) is 0 Å². The number of fused-ring (bicyclic) bond motifs is 2. The molecule has 0 saturated carbocycles. The number of primary amides is 1. The van der Waals surface area contributed by atoms with E-state index in [2.05, 4.69) is 10.6 Å². The summed E-state index contributed by atoms with van der Waals surface area (Å²) in [7, 11) is 1.38. The van der Waals surface area contributed by atoms with E-state index in [0.717, 1.165) is 4.90 Å². The van der Waals surface area contributed by atoms with Gasteiger partial charge in [0.05, 0.1) is 12.2 Å². The Bertz CT molecular complexity index is 1630. The minimum Gasteiger partial charge on any atom is -0.465 e. The van der Waals surface area contributed by atoms with Gasteiger partial charge >= 0.3 is 12.2 Å². The Balaban J connectivity index is 1.42. The topological polar surface area (TPSA) is 171 Å². The van der Waals surface area contributed by atoms with E-state index in [1.165, 1.54) is 31.3 Å². The number of ether oxygens (including phenoxy) is 1. The molecular formula is C31H30ClN5O7. The SMILES string of the molecule is CN(C(=O)O)c1ccc(C(=O)N[C@@H](Cc2ccc(C(N)=O)cc2)C(=O)N2CCC[C@@]3(C2)OC(=O)Nc2ccc(Cl)cc23)cc1. The smallest absolute Gasteiger partial charge is 0.412 e. The third-order valence-electron chi connectivity index (χ3n) is 7.85. The van der Waals surface area contributed by atoms with Crippen LogP contribution in [0.2, 0.25) is 5.02 Å². The molecule has 228 valence electrons.